The number of benzene rings is 2. The zero-order valence-corrected chi connectivity index (χ0v) is 15.0. The lowest BCUT2D eigenvalue weighted by Crippen LogP contribution is -2.14. The van der Waals surface area contributed by atoms with Crippen LogP contribution in [0.25, 0.3) is 10.2 Å². The van der Waals surface area contributed by atoms with Crippen molar-refractivity contribution in [1.82, 2.24) is 4.98 Å². The number of hydrogen-bond donors (Lipinski definition) is 1. The fraction of sp³-hybridized carbons (Fsp3) is 0.222. The molecule has 0 fully saturated rings. The summed E-state index contributed by atoms with van der Waals surface area (Å²) in [6, 6.07) is 10.9. The quantitative estimate of drug-likeness (QED) is 0.722. The summed E-state index contributed by atoms with van der Waals surface area (Å²) in [5.74, 6) is 1.24. The summed E-state index contributed by atoms with van der Waals surface area (Å²) in [5.41, 5.74) is 1.06. The molecule has 1 heterocycles. The van der Waals surface area contributed by atoms with Crippen LogP contribution in [0.15, 0.2) is 36.4 Å². The van der Waals surface area contributed by atoms with E-state index in [-0.39, 0.29) is 5.91 Å². The van der Waals surface area contributed by atoms with E-state index in [2.05, 4.69) is 10.3 Å². The Hall–Kier alpha value is -2.80. The molecule has 0 aliphatic carbocycles. The highest BCUT2D eigenvalue weighted by atomic mass is 32.1. The SMILES string of the molecule is CCOc1cccc2sc(NC(=O)c3c(OC)cccc3OC)nc12. The third kappa shape index (κ3) is 3.36. The van der Waals surface area contributed by atoms with Crippen molar-refractivity contribution >= 4 is 32.6 Å². The molecule has 0 spiro atoms. The van der Waals surface area contributed by atoms with Crippen molar-refractivity contribution in [3.63, 3.8) is 0 Å². The van der Waals surface area contributed by atoms with Crippen molar-refractivity contribution in [3.05, 3.63) is 42.0 Å². The minimum atomic E-state index is -0.341. The number of aromatic nitrogens is 1. The summed E-state index contributed by atoms with van der Waals surface area (Å²) in [5, 5.41) is 3.31. The van der Waals surface area contributed by atoms with Crippen LogP contribution in [0.2, 0.25) is 0 Å². The molecule has 0 bridgehead atoms. The van der Waals surface area contributed by atoms with Gasteiger partial charge in [0.2, 0.25) is 0 Å². The van der Waals surface area contributed by atoms with Crippen LogP contribution in [0.3, 0.4) is 0 Å². The fourth-order valence-electron chi connectivity index (χ4n) is 2.48. The Morgan fingerprint density at radius 2 is 1.72 bits per heavy atom. The van der Waals surface area contributed by atoms with Crippen LogP contribution in [-0.4, -0.2) is 31.7 Å². The number of carbonyl (C=O) groups excluding carboxylic acids is 1. The van der Waals surface area contributed by atoms with Crippen molar-refractivity contribution in [2.45, 2.75) is 6.92 Å². The average molecular weight is 358 g/mol. The van der Waals surface area contributed by atoms with Gasteiger partial charge in [0.25, 0.3) is 5.91 Å². The summed E-state index contributed by atoms with van der Waals surface area (Å²) in [4.78, 5) is 17.2. The largest absolute Gasteiger partial charge is 0.496 e. The molecule has 6 nitrogen and oxygen atoms in total. The number of nitrogens with zero attached hydrogens (tertiary/aromatic N) is 1. The monoisotopic (exact) mass is 358 g/mol. The normalized spacial score (nSPS) is 10.5. The Morgan fingerprint density at radius 1 is 1.08 bits per heavy atom. The van der Waals surface area contributed by atoms with Gasteiger partial charge in [-0.15, -0.1) is 0 Å². The third-order valence-corrected chi connectivity index (χ3v) is 4.49. The number of para-hydroxylation sites is 1. The predicted molar refractivity (Wildman–Crippen MR) is 98.3 cm³/mol. The number of methoxy groups -OCH3 is 2. The Bertz CT molecular complexity index is 885. The van der Waals surface area contributed by atoms with Gasteiger partial charge in [-0.1, -0.05) is 23.5 Å². The van der Waals surface area contributed by atoms with Gasteiger partial charge in [0.15, 0.2) is 5.13 Å². The molecule has 0 saturated carbocycles. The molecule has 1 amide bonds. The molecule has 0 saturated heterocycles. The standard InChI is InChI=1S/C18H18N2O4S/c1-4-24-13-9-6-10-14-16(13)19-18(25-14)20-17(21)15-11(22-2)7-5-8-12(15)23-3/h5-10H,4H2,1-3H3,(H,19,20,21). The molecule has 3 rings (SSSR count). The minimum Gasteiger partial charge on any atom is -0.496 e. The first-order valence-electron chi connectivity index (χ1n) is 7.72. The van der Waals surface area contributed by atoms with Gasteiger partial charge in [-0.3, -0.25) is 10.1 Å². The third-order valence-electron chi connectivity index (χ3n) is 3.56. The number of anilines is 1. The number of fused-ring (bicyclic) bond motifs is 1. The van der Waals surface area contributed by atoms with Crippen LogP contribution in [0, 0.1) is 0 Å². The van der Waals surface area contributed by atoms with Gasteiger partial charge in [-0.2, -0.15) is 0 Å². The predicted octanol–water partition coefficient (Wildman–Crippen LogP) is 3.96. The summed E-state index contributed by atoms with van der Waals surface area (Å²) < 4.78 is 17.1. The van der Waals surface area contributed by atoms with Gasteiger partial charge >= 0.3 is 0 Å². The van der Waals surface area contributed by atoms with Gasteiger partial charge in [-0.05, 0) is 31.2 Å². The first kappa shape index (κ1) is 17.0. The average Bonchev–Trinajstić information content (AvgIpc) is 3.04. The molecule has 0 aliphatic rings. The van der Waals surface area contributed by atoms with Gasteiger partial charge in [0, 0.05) is 0 Å². The van der Waals surface area contributed by atoms with Gasteiger partial charge in [-0.25, -0.2) is 4.98 Å². The first-order valence-corrected chi connectivity index (χ1v) is 8.54. The van der Waals surface area contributed by atoms with Crippen molar-refractivity contribution in [2.75, 3.05) is 26.1 Å². The van der Waals surface area contributed by atoms with E-state index in [1.165, 1.54) is 25.6 Å². The Labute approximate surface area is 149 Å². The molecular formula is C18H18N2O4S. The van der Waals surface area contributed by atoms with E-state index < -0.39 is 0 Å². The summed E-state index contributed by atoms with van der Waals surface area (Å²) in [6.45, 7) is 2.47. The zero-order chi connectivity index (χ0) is 17.8. The number of nitrogens with one attached hydrogen (secondary N) is 1. The zero-order valence-electron chi connectivity index (χ0n) is 14.2. The second-order valence-electron chi connectivity index (χ2n) is 5.05. The van der Waals surface area contributed by atoms with Crippen LogP contribution >= 0.6 is 11.3 Å². The lowest BCUT2D eigenvalue weighted by molar-refractivity contribution is 0.102. The Balaban J connectivity index is 1.94. The van der Waals surface area contributed by atoms with Gasteiger partial charge in [0.1, 0.15) is 28.3 Å². The van der Waals surface area contributed by atoms with Gasteiger partial charge < -0.3 is 14.2 Å². The van der Waals surface area contributed by atoms with Crippen LogP contribution in [0.4, 0.5) is 5.13 Å². The lowest BCUT2D eigenvalue weighted by atomic mass is 10.1. The maximum absolute atomic E-state index is 12.7. The molecule has 0 atom stereocenters. The number of carbonyl (C=O) groups is 1. The molecule has 0 unspecified atom stereocenters. The molecule has 25 heavy (non-hydrogen) atoms. The Morgan fingerprint density at radius 3 is 2.36 bits per heavy atom. The lowest BCUT2D eigenvalue weighted by Gasteiger charge is -2.11. The molecule has 0 radical (unpaired) electrons. The molecule has 0 aliphatic heterocycles. The Kier molecular flexibility index (Phi) is 5.04. The smallest absolute Gasteiger partial charge is 0.265 e. The van der Waals surface area contributed by atoms with E-state index in [1.54, 1.807) is 18.2 Å². The minimum absolute atomic E-state index is 0.330. The van der Waals surface area contributed by atoms with Crippen molar-refractivity contribution < 1.29 is 19.0 Å². The van der Waals surface area contributed by atoms with Crippen LogP contribution in [-0.2, 0) is 0 Å². The number of hydrogen-bond acceptors (Lipinski definition) is 6. The number of amides is 1. The van der Waals surface area contributed by atoms with E-state index in [4.69, 9.17) is 14.2 Å². The molecule has 7 heteroatoms. The molecule has 130 valence electrons. The highest BCUT2D eigenvalue weighted by Crippen LogP contribution is 2.34. The summed E-state index contributed by atoms with van der Waals surface area (Å²) in [7, 11) is 3.02. The maximum atomic E-state index is 12.7. The number of thiazole rings is 1. The topological polar surface area (TPSA) is 69.7 Å². The first-order chi connectivity index (χ1) is 12.2. The molecule has 2 aromatic carbocycles. The van der Waals surface area contributed by atoms with E-state index in [0.29, 0.717) is 34.6 Å². The van der Waals surface area contributed by atoms with Crippen LogP contribution in [0.1, 0.15) is 17.3 Å². The summed E-state index contributed by atoms with van der Waals surface area (Å²) >= 11 is 1.38. The summed E-state index contributed by atoms with van der Waals surface area (Å²) in [6.07, 6.45) is 0. The van der Waals surface area contributed by atoms with Crippen LogP contribution < -0.4 is 19.5 Å². The van der Waals surface area contributed by atoms with E-state index >= 15 is 0 Å². The number of ether oxygens (including phenoxy) is 3. The van der Waals surface area contributed by atoms with Crippen molar-refractivity contribution in [1.29, 1.82) is 0 Å². The molecule has 1 aromatic heterocycles. The second-order valence-corrected chi connectivity index (χ2v) is 6.08. The highest BCUT2D eigenvalue weighted by Gasteiger charge is 2.20. The fourth-order valence-corrected chi connectivity index (χ4v) is 3.36. The van der Waals surface area contributed by atoms with Gasteiger partial charge in [0.05, 0.1) is 25.5 Å². The molecule has 3 aromatic rings. The van der Waals surface area contributed by atoms with Crippen molar-refractivity contribution in [2.24, 2.45) is 0 Å². The number of rotatable bonds is 6. The van der Waals surface area contributed by atoms with E-state index in [0.717, 1.165) is 10.2 Å². The van der Waals surface area contributed by atoms with Crippen LogP contribution in [0.5, 0.6) is 17.2 Å². The second kappa shape index (κ2) is 7.40. The highest BCUT2D eigenvalue weighted by molar-refractivity contribution is 7.22. The van der Waals surface area contributed by atoms with E-state index in [1.807, 2.05) is 25.1 Å². The molecule has 1 N–H and O–H groups in total. The molecular weight excluding hydrogens is 340 g/mol. The maximum Gasteiger partial charge on any atom is 0.265 e. The van der Waals surface area contributed by atoms with Crippen molar-refractivity contribution in [3.8, 4) is 17.2 Å². The van der Waals surface area contributed by atoms with E-state index in [9.17, 15) is 4.79 Å².